The highest BCUT2D eigenvalue weighted by Gasteiger charge is 2.36. The van der Waals surface area contributed by atoms with E-state index in [0.29, 0.717) is 38.0 Å². The Balaban J connectivity index is 2.23. The molecule has 0 bridgehead atoms. The molecule has 1 aromatic carbocycles. The number of anilines is 1. The van der Waals surface area contributed by atoms with Gasteiger partial charge in [0.25, 0.3) is 0 Å². The number of carbonyl (C=O) groups excluding carboxylic acids is 2. The smallest absolute Gasteiger partial charge is 0.308 e. The Morgan fingerprint density at radius 1 is 1.22 bits per heavy atom. The molecule has 0 aliphatic carbocycles. The first-order valence-corrected chi connectivity index (χ1v) is 11.0. The molecule has 1 aromatic rings. The Morgan fingerprint density at radius 3 is 2.22 bits per heavy atom. The van der Waals surface area contributed by atoms with Crippen molar-refractivity contribution in [1.82, 2.24) is 4.90 Å². The molecule has 2 rings (SSSR count). The molecule has 27 heavy (non-hydrogen) atoms. The van der Waals surface area contributed by atoms with Crippen LogP contribution in [0.5, 0.6) is 0 Å². The van der Waals surface area contributed by atoms with E-state index in [4.69, 9.17) is 4.74 Å². The average Bonchev–Trinajstić information content (AvgIpc) is 2.65. The van der Waals surface area contributed by atoms with Crippen molar-refractivity contribution in [1.29, 1.82) is 0 Å². The first-order chi connectivity index (χ1) is 12.7. The number of amides is 1. The summed E-state index contributed by atoms with van der Waals surface area (Å²) in [5.74, 6) is -0.694. The van der Waals surface area contributed by atoms with Gasteiger partial charge in [0.05, 0.1) is 25.0 Å². The normalized spacial score (nSPS) is 16.7. The van der Waals surface area contributed by atoms with E-state index >= 15 is 0 Å². The van der Waals surface area contributed by atoms with E-state index < -0.39 is 16.1 Å². The first kappa shape index (κ1) is 21.2. The zero-order valence-electron chi connectivity index (χ0n) is 16.3. The van der Waals surface area contributed by atoms with Crippen LogP contribution in [0.1, 0.15) is 31.7 Å². The average molecular weight is 397 g/mol. The van der Waals surface area contributed by atoms with Gasteiger partial charge in [0, 0.05) is 13.1 Å². The molecule has 1 saturated heterocycles. The topological polar surface area (TPSA) is 84.0 Å². The lowest BCUT2D eigenvalue weighted by molar-refractivity contribution is -0.149. The van der Waals surface area contributed by atoms with Crippen LogP contribution in [-0.2, 0) is 24.3 Å². The van der Waals surface area contributed by atoms with Crippen molar-refractivity contribution < 1.29 is 22.7 Å². The maximum atomic E-state index is 13.1. The minimum absolute atomic E-state index is 0.206. The number of hydrogen-bond acceptors (Lipinski definition) is 5. The Labute approximate surface area is 161 Å². The lowest BCUT2D eigenvalue weighted by Gasteiger charge is -2.37. The number of rotatable bonds is 6. The predicted octanol–water partition coefficient (Wildman–Crippen LogP) is 1.95. The number of likely N-dealkylation sites (tertiary alicyclic amines) is 1. The number of methoxy groups -OCH3 is 1. The molecule has 1 atom stereocenters. The van der Waals surface area contributed by atoms with Crippen molar-refractivity contribution in [2.24, 2.45) is 5.92 Å². The molecule has 150 valence electrons. The number of benzene rings is 1. The molecular formula is C19H28N2O5S. The number of piperidine rings is 1. The van der Waals surface area contributed by atoms with Crippen LogP contribution in [0.4, 0.5) is 5.69 Å². The molecule has 0 N–H and O–H groups in total. The number of ether oxygens (including phenoxy) is 1. The van der Waals surface area contributed by atoms with Crippen molar-refractivity contribution in [3.8, 4) is 0 Å². The molecule has 0 aromatic heterocycles. The summed E-state index contributed by atoms with van der Waals surface area (Å²) in [7, 11) is -2.28. The SMILES string of the molecule is CCC(C(=O)N1CCC(C(=O)OC)CC1)N(c1ccc(C)cc1)S(C)(=O)=O. The summed E-state index contributed by atoms with van der Waals surface area (Å²) < 4.78 is 30.9. The van der Waals surface area contributed by atoms with Crippen molar-refractivity contribution in [3.63, 3.8) is 0 Å². The minimum atomic E-state index is -3.64. The number of carbonyl (C=O) groups is 2. The molecule has 1 fully saturated rings. The highest BCUT2D eigenvalue weighted by molar-refractivity contribution is 7.92. The standard InChI is InChI=1S/C19H28N2O5S/c1-5-17(18(22)20-12-10-15(11-13-20)19(23)26-3)21(27(4,24)25)16-8-6-14(2)7-9-16/h6-9,15,17H,5,10-13H2,1-4H3. The van der Waals surface area contributed by atoms with Crippen LogP contribution in [0, 0.1) is 12.8 Å². The zero-order chi connectivity index (χ0) is 20.2. The van der Waals surface area contributed by atoms with Crippen molar-refractivity contribution in [3.05, 3.63) is 29.8 Å². The van der Waals surface area contributed by atoms with Crippen LogP contribution >= 0.6 is 0 Å². The third kappa shape index (κ3) is 5.00. The van der Waals surface area contributed by atoms with E-state index in [2.05, 4.69) is 0 Å². The predicted molar refractivity (Wildman–Crippen MR) is 104 cm³/mol. The van der Waals surface area contributed by atoms with Crippen LogP contribution in [0.15, 0.2) is 24.3 Å². The Morgan fingerprint density at radius 2 is 1.78 bits per heavy atom. The molecule has 1 amide bonds. The van der Waals surface area contributed by atoms with Crippen LogP contribution in [0.25, 0.3) is 0 Å². The second kappa shape index (κ2) is 8.73. The minimum Gasteiger partial charge on any atom is -0.469 e. The van der Waals surface area contributed by atoms with Gasteiger partial charge in [-0.15, -0.1) is 0 Å². The third-order valence-corrected chi connectivity index (χ3v) is 6.12. The van der Waals surface area contributed by atoms with Crippen molar-refractivity contribution >= 4 is 27.6 Å². The quantitative estimate of drug-likeness (QED) is 0.686. The maximum absolute atomic E-state index is 13.1. The Kier molecular flexibility index (Phi) is 6.86. The fourth-order valence-corrected chi connectivity index (χ4v) is 4.65. The van der Waals surface area contributed by atoms with Crippen molar-refractivity contribution in [2.45, 2.75) is 39.2 Å². The van der Waals surface area contributed by atoms with Crippen LogP contribution in [-0.4, -0.2) is 57.7 Å². The number of aryl methyl sites for hydroxylation is 1. The summed E-state index contributed by atoms with van der Waals surface area (Å²) in [6.07, 6.45) is 2.53. The van der Waals surface area contributed by atoms with Gasteiger partial charge in [-0.3, -0.25) is 13.9 Å². The largest absolute Gasteiger partial charge is 0.469 e. The molecule has 1 aliphatic rings. The molecule has 0 spiro atoms. The first-order valence-electron chi connectivity index (χ1n) is 9.11. The number of esters is 1. The number of sulfonamides is 1. The van der Waals surface area contributed by atoms with Gasteiger partial charge in [-0.1, -0.05) is 24.6 Å². The van der Waals surface area contributed by atoms with E-state index in [1.165, 1.54) is 11.4 Å². The van der Waals surface area contributed by atoms with E-state index in [-0.39, 0.29) is 17.8 Å². The number of nitrogens with zero attached hydrogens (tertiary/aromatic N) is 2. The molecule has 8 heteroatoms. The van der Waals surface area contributed by atoms with Gasteiger partial charge in [0.15, 0.2) is 0 Å². The fourth-order valence-electron chi connectivity index (χ4n) is 3.45. The van der Waals surface area contributed by atoms with Gasteiger partial charge < -0.3 is 9.64 Å². The summed E-state index contributed by atoms with van der Waals surface area (Å²) in [6, 6.07) is 6.28. The Bertz CT molecular complexity index is 768. The second-order valence-electron chi connectivity index (χ2n) is 6.94. The lowest BCUT2D eigenvalue weighted by Crippen LogP contribution is -2.52. The maximum Gasteiger partial charge on any atom is 0.308 e. The number of hydrogen-bond donors (Lipinski definition) is 0. The van der Waals surface area contributed by atoms with Gasteiger partial charge in [0.2, 0.25) is 15.9 Å². The van der Waals surface area contributed by atoms with E-state index in [9.17, 15) is 18.0 Å². The Hall–Kier alpha value is -2.09. The molecule has 1 unspecified atom stereocenters. The van der Waals surface area contributed by atoms with Gasteiger partial charge >= 0.3 is 5.97 Å². The molecule has 7 nitrogen and oxygen atoms in total. The summed E-state index contributed by atoms with van der Waals surface area (Å²) >= 11 is 0. The molecule has 1 heterocycles. The summed E-state index contributed by atoms with van der Waals surface area (Å²) in [5, 5.41) is 0. The van der Waals surface area contributed by atoms with Gasteiger partial charge in [-0.05, 0) is 38.3 Å². The van der Waals surface area contributed by atoms with E-state index in [1.807, 2.05) is 19.1 Å². The fraction of sp³-hybridized carbons (Fsp3) is 0.579. The monoisotopic (exact) mass is 396 g/mol. The van der Waals surface area contributed by atoms with Crippen molar-refractivity contribution in [2.75, 3.05) is 30.8 Å². The summed E-state index contributed by atoms with van der Waals surface area (Å²) in [5.41, 5.74) is 1.49. The lowest BCUT2D eigenvalue weighted by atomic mass is 9.96. The molecule has 0 saturated carbocycles. The molecule has 1 aliphatic heterocycles. The molecular weight excluding hydrogens is 368 g/mol. The second-order valence-corrected chi connectivity index (χ2v) is 8.80. The van der Waals surface area contributed by atoms with E-state index in [0.717, 1.165) is 11.8 Å². The van der Waals surface area contributed by atoms with Crippen LogP contribution in [0.3, 0.4) is 0 Å². The zero-order valence-corrected chi connectivity index (χ0v) is 17.2. The van der Waals surface area contributed by atoms with Gasteiger partial charge in [-0.2, -0.15) is 0 Å². The van der Waals surface area contributed by atoms with Crippen LogP contribution in [0.2, 0.25) is 0 Å². The summed E-state index contributed by atoms with van der Waals surface area (Å²) in [6.45, 7) is 4.56. The third-order valence-electron chi connectivity index (χ3n) is 4.94. The highest BCUT2D eigenvalue weighted by Crippen LogP contribution is 2.26. The highest BCUT2D eigenvalue weighted by atomic mass is 32.2. The van der Waals surface area contributed by atoms with E-state index in [1.54, 1.807) is 24.0 Å². The van der Waals surface area contributed by atoms with Crippen LogP contribution < -0.4 is 4.31 Å². The van der Waals surface area contributed by atoms with Gasteiger partial charge in [0.1, 0.15) is 6.04 Å². The van der Waals surface area contributed by atoms with Gasteiger partial charge in [-0.25, -0.2) is 8.42 Å². The summed E-state index contributed by atoms with van der Waals surface area (Å²) in [4.78, 5) is 26.4. The molecule has 0 radical (unpaired) electrons.